The van der Waals surface area contributed by atoms with Gasteiger partial charge in [0.1, 0.15) is 0 Å². The molecule has 0 bridgehead atoms. The number of aliphatic imine (C=N–C) groups is 1. The lowest BCUT2D eigenvalue weighted by atomic mass is 10.1. The van der Waals surface area contributed by atoms with Crippen molar-refractivity contribution in [1.29, 1.82) is 0 Å². The molecule has 2 aliphatic heterocycles. The van der Waals surface area contributed by atoms with Gasteiger partial charge >= 0.3 is 0 Å². The number of nitrogens with zero attached hydrogens (tertiary/aromatic N) is 2. The quantitative estimate of drug-likeness (QED) is 0.825. The molecule has 0 N–H and O–H groups in total. The molecule has 7 heteroatoms. The molecule has 0 saturated carbocycles. The van der Waals surface area contributed by atoms with Gasteiger partial charge in [-0.2, -0.15) is 4.99 Å². The fourth-order valence-corrected chi connectivity index (χ4v) is 6.69. The number of anilines is 1. The van der Waals surface area contributed by atoms with E-state index >= 15 is 0 Å². The van der Waals surface area contributed by atoms with Gasteiger partial charge in [-0.15, -0.1) is 0 Å². The molecule has 5 nitrogen and oxygen atoms in total. The average molecular weight is 338 g/mol. The Labute approximate surface area is 134 Å². The Kier molecular flexibility index (Phi) is 4.03. The highest BCUT2D eigenvalue weighted by Gasteiger charge is 2.49. The number of hydrogen-bond donors (Lipinski definition) is 0. The second-order valence-corrected chi connectivity index (χ2v) is 9.01. The molecule has 0 aliphatic carbocycles. The van der Waals surface area contributed by atoms with Crippen molar-refractivity contribution in [3.8, 4) is 0 Å². The maximum atomic E-state index is 11.9. The molecule has 2 fully saturated rings. The highest BCUT2D eigenvalue weighted by Crippen LogP contribution is 2.40. The van der Waals surface area contributed by atoms with Crippen molar-refractivity contribution < 1.29 is 13.2 Å². The second-order valence-electron chi connectivity index (χ2n) is 5.65. The first kappa shape index (κ1) is 15.6. The van der Waals surface area contributed by atoms with Crippen LogP contribution < -0.4 is 4.90 Å². The van der Waals surface area contributed by atoms with Gasteiger partial charge in [-0.25, -0.2) is 8.42 Å². The third-order valence-electron chi connectivity index (χ3n) is 3.90. The largest absolute Gasteiger partial charge is 0.316 e. The number of hydrogen-bond acceptors (Lipinski definition) is 4. The van der Waals surface area contributed by atoms with E-state index in [1.165, 1.54) is 11.8 Å². The van der Waals surface area contributed by atoms with Gasteiger partial charge in [0.05, 0.1) is 17.5 Å². The van der Waals surface area contributed by atoms with Crippen molar-refractivity contribution in [2.45, 2.75) is 31.6 Å². The van der Waals surface area contributed by atoms with Crippen LogP contribution in [0.15, 0.2) is 29.3 Å². The summed E-state index contributed by atoms with van der Waals surface area (Å²) in [4.78, 5) is 17.8. The number of rotatable bonds is 2. The summed E-state index contributed by atoms with van der Waals surface area (Å²) < 4.78 is 23.8. The van der Waals surface area contributed by atoms with Crippen LogP contribution in [0.1, 0.15) is 18.9 Å². The minimum absolute atomic E-state index is 0.0466. The van der Waals surface area contributed by atoms with Crippen molar-refractivity contribution in [3.63, 3.8) is 0 Å². The maximum Gasteiger partial charge on any atom is 0.247 e. The van der Waals surface area contributed by atoms with Crippen LogP contribution >= 0.6 is 11.8 Å². The number of amidine groups is 1. The van der Waals surface area contributed by atoms with Gasteiger partial charge in [0.15, 0.2) is 15.0 Å². The minimum atomic E-state index is -3.01. The van der Waals surface area contributed by atoms with Crippen LogP contribution in [-0.2, 0) is 14.6 Å². The molecule has 2 heterocycles. The van der Waals surface area contributed by atoms with E-state index in [2.05, 4.69) is 4.99 Å². The molecule has 118 valence electrons. The van der Waals surface area contributed by atoms with E-state index < -0.39 is 9.84 Å². The lowest BCUT2D eigenvalue weighted by Gasteiger charge is -2.24. The van der Waals surface area contributed by atoms with Crippen molar-refractivity contribution in [2.24, 2.45) is 4.99 Å². The zero-order valence-corrected chi connectivity index (χ0v) is 14.2. The van der Waals surface area contributed by atoms with Crippen molar-refractivity contribution in [1.82, 2.24) is 0 Å². The van der Waals surface area contributed by atoms with Gasteiger partial charge in [0, 0.05) is 17.4 Å². The number of carbonyl (C=O) groups excluding carboxylic acids is 1. The second kappa shape index (κ2) is 5.70. The molecule has 3 rings (SSSR count). The van der Waals surface area contributed by atoms with E-state index in [4.69, 9.17) is 0 Å². The molecule has 1 aromatic rings. The molecule has 22 heavy (non-hydrogen) atoms. The highest BCUT2D eigenvalue weighted by molar-refractivity contribution is 8.16. The summed E-state index contributed by atoms with van der Waals surface area (Å²) >= 11 is 1.41. The first-order valence-electron chi connectivity index (χ1n) is 7.24. The lowest BCUT2D eigenvalue weighted by Crippen LogP contribution is -2.37. The van der Waals surface area contributed by atoms with E-state index in [0.29, 0.717) is 11.6 Å². The smallest absolute Gasteiger partial charge is 0.247 e. The molecular weight excluding hydrogens is 320 g/mol. The number of sulfone groups is 1. The first-order valence-corrected chi connectivity index (χ1v) is 9.94. The molecule has 2 saturated heterocycles. The summed E-state index contributed by atoms with van der Waals surface area (Å²) in [6.45, 7) is 3.77. The standard InChI is InChI=1S/C15H18N2O3S2/c1-3-14(18)16-15-17(11-6-4-10(2)5-7-11)12-8-22(19,20)9-13(12)21-15/h4-7,12-13H,3,8-9H2,1-2H3/t12-,13+/m1/s1. The van der Waals surface area contributed by atoms with Gasteiger partial charge in [-0.1, -0.05) is 36.4 Å². The molecule has 1 amide bonds. The van der Waals surface area contributed by atoms with Gasteiger partial charge in [0.25, 0.3) is 0 Å². The Morgan fingerprint density at radius 1 is 1.32 bits per heavy atom. The molecule has 0 unspecified atom stereocenters. The number of fused-ring (bicyclic) bond motifs is 1. The van der Waals surface area contributed by atoms with Crippen LogP contribution in [0.3, 0.4) is 0 Å². The molecule has 2 atom stereocenters. The van der Waals surface area contributed by atoms with Crippen LogP contribution in [0.2, 0.25) is 0 Å². The average Bonchev–Trinajstić information content (AvgIpc) is 2.91. The van der Waals surface area contributed by atoms with E-state index in [0.717, 1.165) is 11.3 Å². The Hall–Kier alpha value is -1.34. The SMILES string of the molecule is CCC(=O)N=C1S[C@H]2CS(=O)(=O)C[C@H]2N1c1ccc(C)cc1. The number of carbonyl (C=O) groups is 1. The van der Waals surface area contributed by atoms with Crippen molar-refractivity contribution >= 4 is 38.4 Å². The summed E-state index contributed by atoms with van der Waals surface area (Å²) in [5.74, 6) is 0.101. The Morgan fingerprint density at radius 3 is 2.64 bits per heavy atom. The third kappa shape index (κ3) is 2.92. The van der Waals surface area contributed by atoms with Crippen LogP contribution in [0.5, 0.6) is 0 Å². The van der Waals surface area contributed by atoms with E-state index in [1.807, 2.05) is 36.1 Å². The number of amides is 1. The monoisotopic (exact) mass is 338 g/mol. The first-order chi connectivity index (χ1) is 10.4. The topological polar surface area (TPSA) is 66.8 Å². The van der Waals surface area contributed by atoms with Crippen LogP contribution in [0.25, 0.3) is 0 Å². The summed E-state index contributed by atoms with van der Waals surface area (Å²) in [7, 11) is -3.01. The van der Waals surface area contributed by atoms with Gasteiger partial charge in [-0.3, -0.25) is 4.79 Å². The van der Waals surface area contributed by atoms with Crippen LogP contribution in [0, 0.1) is 6.92 Å². The van der Waals surface area contributed by atoms with E-state index in [-0.39, 0.29) is 28.7 Å². The van der Waals surface area contributed by atoms with Gasteiger partial charge < -0.3 is 4.90 Å². The Balaban J connectivity index is 2.01. The predicted molar refractivity (Wildman–Crippen MR) is 90.2 cm³/mol. The molecular formula is C15H18N2O3S2. The minimum Gasteiger partial charge on any atom is -0.316 e. The Morgan fingerprint density at radius 2 is 2.00 bits per heavy atom. The molecule has 2 aliphatic rings. The molecule has 1 aromatic carbocycles. The number of benzene rings is 1. The van der Waals surface area contributed by atoms with E-state index in [1.54, 1.807) is 6.92 Å². The fraction of sp³-hybridized carbons (Fsp3) is 0.467. The lowest BCUT2D eigenvalue weighted by molar-refractivity contribution is -0.117. The fourth-order valence-electron chi connectivity index (χ4n) is 2.76. The predicted octanol–water partition coefficient (Wildman–Crippen LogP) is 2.01. The summed E-state index contributed by atoms with van der Waals surface area (Å²) in [5, 5.41) is 0.579. The summed E-state index contributed by atoms with van der Waals surface area (Å²) in [5.41, 5.74) is 2.03. The number of thioether (sulfide) groups is 1. The maximum absolute atomic E-state index is 11.9. The van der Waals surface area contributed by atoms with Crippen molar-refractivity contribution in [3.05, 3.63) is 29.8 Å². The summed E-state index contributed by atoms with van der Waals surface area (Å²) in [6, 6.07) is 7.73. The zero-order valence-electron chi connectivity index (χ0n) is 12.5. The Bertz CT molecular complexity index is 726. The zero-order chi connectivity index (χ0) is 15.9. The normalized spacial score (nSPS) is 28.1. The van der Waals surface area contributed by atoms with Gasteiger partial charge in [-0.05, 0) is 19.1 Å². The van der Waals surface area contributed by atoms with Crippen LogP contribution in [-0.4, -0.2) is 42.3 Å². The third-order valence-corrected chi connectivity index (χ3v) is 7.11. The molecule has 0 aromatic heterocycles. The number of aryl methyl sites for hydroxylation is 1. The molecule has 0 radical (unpaired) electrons. The van der Waals surface area contributed by atoms with Crippen molar-refractivity contribution in [2.75, 3.05) is 16.4 Å². The summed E-state index contributed by atoms with van der Waals surface area (Å²) in [6.07, 6.45) is 0.347. The van der Waals surface area contributed by atoms with Crippen LogP contribution in [0.4, 0.5) is 5.69 Å². The van der Waals surface area contributed by atoms with E-state index in [9.17, 15) is 13.2 Å². The highest BCUT2D eigenvalue weighted by atomic mass is 32.2. The molecule has 0 spiro atoms. The van der Waals surface area contributed by atoms with Gasteiger partial charge in [0.2, 0.25) is 5.91 Å².